The number of nitrogen functional groups attached to an aromatic ring is 1. The molecule has 0 amide bonds. The van der Waals surface area contributed by atoms with Crippen LogP contribution in [-0.4, -0.2) is 10.2 Å². The lowest BCUT2D eigenvalue weighted by atomic mass is 10.4. The molecule has 4 heteroatoms. The molecule has 0 aliphatic heterocycles. The van der Waals surface area contributed by atoms with Crippen LogP contribution in [0, 0.1) is 0 Å². The van der Waals surface area contributed by atoms with Gasteiger partial charge in [-0.1, -0.05) is 0 Å². The lowest BCUT2D eigenvalue weighted by Crippen LogP contribution is -1.82. The van der Waals surface area contributed by atoms with Crippen molar-refractivity contribution in [1.82, 2.24) is 10.2 Å². The fraction of sp³-hybridized carbons (Fsp3) is 0. The number of anilines is 1. The quantitative estimate of drug-likeness (QED) is 0.576. The summed E-state index contributed by atoms with van der Waals surface area (Å²) in [5.74, 6) is 0.589. The summed E-state index contributed by atoms with van der Waals surface area (Å²) >= 11 is 1.62. The first-order valence-corrected chi connectivity index (χ1v) is 3.48. The van der Waals surface area contributed by atoms with Gasteiger partial charge in [0.25, 0.3) is 0 Å². The average Bonchev–Trinajstić information content (AvgIpc) is 2.35. The Hall–Kier alpha value is -1.03. The lowest BCUT2D eigenvalue weighted by Gasteiger charge is -1.74. The number of aromatic nitrogens is 2. The molecule has 0 unspecified atom stereocenters. The van der Waals surface area contributed by atoms with E-state index in [0.717, 1.165) is 10.9 Å². The van der Waals surface area contributed by atoms with Crippen LogP contribution in [0.25, 0.3) is 10.9 Å². The smallest absolute Gasteiger partial charge is 0.153 e. The number of thiophene rings is 1. The summed E-state index contributed by atoms with van der Waals surface area (Å²) < 4.78 is 0. The Morgan fingerprint density at radius 2 is 2.44 bits per heavy atom. The van der Waals surface area contributed by atoms with Gasteiger partial charge in [0.1, 0.15) is 0 Å². The Balaban J connectivity index is 2.99. The number of H-pyrrole nitrogens is 1. The third kappa shape index (κ3) is 0.533. The van der Waals surface area contributed by atoms with E-state index < -0.39 is 0 Å². The molecule has 0 bridgehead atoms. The van der Waals surface area contributed by atoms with Gasteiger partial charge in [-0.05, 0) is 0 Å². The predicted octanol–water partition coefficient (Wildman–Crippen LogP) is 1.21. The first kappa shape index (κ1) is 4.81. The summed E-state index contributed by atoms with van der Waals surface area (Å²) in [6.45, 7) is 0. The van der Waals surface area contributed by atoms with Crippen LogP contribution < -0.4 is 5.73 Å². The third-order valence-corrected chi connectivity index (χ3v) is 1.98. The topological polar surface area (TPSA) is 54.7 Å². The fourth-order valence-electron chi connectivity index (χ4n) is 0.763. The van der Waals surface area contributed by atoms with E-state index in [4.69, 9.17) is 5.73 Å². The van der Waals surface area contributed by atoms with Gasteiger partial charge in [0.2, 0.25) is 0 Å². The molecule has 0 aliphatic carbocycles. The van der Waals surface area contributed by atoms with E-state index in [1.165, 1.54) is 0 Å². The van der Waals surface area contributed by atoms with Crippen LogP contribution in [0.15, 0.2) is 10.8 Å². The molecule has 0 saturated carbocycles. The summed E-state index contributed by atoms with van der Waals surface area (Å²) in [6, 6.07) is 0. The normalized spacial score (nSPS) is 10.7. The highest BCUT2D eigenvalue weighted by Crippen LogP contribution is 2.20. The zero-order chi connectivity index (χ0) is 6.27. The van der Waals surface area contributed by atoms with Crippen LogP contribution in [0.1, 0.15) is 0 Å². The first-order chi connectivity index (χ1) is 4.38. The number of hydrogen-bond acceptors (Lipinski definition) is 3. The summed E-state index contributed by atoms with van der Waals surface area (Å²) in [4.78, 5) is 0. The van der Waals surface area contributed by atoms with Crippen molar-refractivity contribution in [2.75, 3.05) is 5.73 Å². The summed E-state index contributed by atoms with van der Waals surface area (Å²) in [5.41, 5.74) is 6.51. The van der Waals surface area contributed by atoms with Gasteiger partial charge >= 0.3 is 0 Å². The fourth-order valence-corrected chi connectivity index (χ4v) is 1.53. The lowest BCUT2D eigenvalue weighted by molar-refractivity contribution is 1.13. The number of rotatable bonds is 0. The second kappa shape index (κ2) is 1.48. The van der Waals surface area contributed by atoms with Gasteiger partial charge < -0.3 is 5.73 Å². The van der Waals surface area contributed by atoms with Gasteiger partial charge in [-0.25, -0.2) is 0 Å². The number of hydrogen-bond donors (Lipinski definition) is 2. The van der Waals surface area contributed by atoms with Crippen LogP contribution in [-0.2, 0) is 0 Å². The highest BCUT2D eigenvalue weighted by molar-refractivity contribution is 7.09. The second-order valence-corrected chi connectivity index (χ2v) is 2.55. The maximum absolute atomic E-state index is 5.48. The van der Waals surface area contributed by atoms with Gasteiger partial charge in [0.15, 0.2) is 5.82 Å². The molecular formula is C5H5N3S. The van der Waals surface area contributed by atoms with E-state index in [9.17, 15) is 0 Å². The standard InChI is InChI=1S/C5H5N3S/c6-5-3-1-9-2-4(3)7-8-5/h1-2,7H,(H2,6,8). The van der Waals surface area contributed by atoms with E-state index in [1.54, 1.807) is 11.3 Å². The molecule has 9 heavy (non-hydrogen) atoms. The molecular weight excluding hydrogens is 134 g/mol. The number of nitrogens with two attached hydrogens (primary N) is 1. The van der Waals surface area contributed by atoms with E-state index in [0.29, 0.717) is 5.82 Å². The molecule has 3 nitrogen and oxygen atoms in total. The second-order valence-electron chi connectivity index (χ2n) is 1.81. The summed E-state index contributed by atoms with van der Waals surface area (Å²) in [6.07, 6.45) is 0. The van der Waals surface area contributed by atoms with Gasteiger partial charge in [-0.15, -0.1) is 11.3 Å². The van der Waals surface area contributed by atoms with Crippen LogP contribution >= 0.6 is 11.3 Å². The SMILES string of the molecule is Nc1n[nH]c2cscc12. The van der Waals surface area contributed by atoms with Crippen molar-refractivity contribution in [2.45, 2.75) is 0 Å². The Morgan fingerprint density at radius 1 is 1.56 bits per heavy atom. The van der Waals surface area contributed by atoms with Crippen molar-refractivity contribution in [1.29, 1.82) is 0 Å². The Labute approximate surface area is 55.5 Å². The van der Waals surface area contributed by atoms with Crippen LogP contribution in [0.4, 0.5) is 5.82 Å². The monoisotopic (exact) mass is 139 g/mol. The van der Waals surface area contributed by atoms with Crippen LogP contribution in [0.5, 0.6) is 0 Å². The summed E-state index contributed by atoms with van der Waals surface area (Å²) in [5, 5.41) is 11.6. The van der Waals surface area contributed by atoms with E-state index in [-0.39, 0.29) is 0 Å². The first-order valence-electron chi connectivity index (χ1n) is 2.53. The Bertz CT molecular complexity index is 321. The van der Waals surface area contributed by atoms with Crippen LogP contribution in [0.3, 0.4) is 0 Å². The number of fused-ring (bicyclic) bond motifs is 1. The highest BCUT2D eigenvalue weighted by atomic mass is 32.1. The number of nitrogens with zero attached hydrogens (tertiary/aromatic N) is 1. The largest absolute Gasteiger partial charge is 0.382 e. The molecule has 2 aromatic heterocycles. The maximum atomic E-state index is 5.48. The minimum atomic E-state index is 0.589. The van der Waals surface area contributed by atoms with Crippen molar-refractivity contribution in [3.63, 3.8) is 0 Å². The molecule has 0 saturated heterocycles. The molecule has 0 atom stereocenters. The van der Waals surface area contributed by atoms with Crippen molar-refractivity contribution in [2.24, 2.45) is 0 Å². The average molecular weight is 139 g/mol. The van der Waals surface area contributed by atoms with E-state index >= 15 is 0 Å². The molecule has 46 valence electrons. The van der Waals surface area contributed by atoms with Gasteiger partial charge in [-0.3, -0.25) is 5.10 Å². The predicted molar refractivity (Wildman–Crippen MR) is 38.4 cm³/mol. The molecule has 0 aliphatic rings. The number of aromatic amines is 1. The van der Waals surface area contributed by atoms with Gasteiger partial charge in [0.05, 0.1) is 10.9 Å². The van der Waals surface area contributed by atoms with Crippen molar-refractivity contribution in [3.8, 4) is 0 Å². The molecule has 2 aromatic rings. The molecule has 2 heterocycles. The molecule has 2 rings (SSSR count). The molecule has 0 radical (unpaired) electrons. The van der Waals surface area contributed by atoms with Crippen molar-refractivity contribution >= 4 is 28.1 Å². The molecule has 0 spiro atoms. The van der Waals surface area contributed by atoms with Gasteiger partial charge in [0, 0.05) is 10.8 Å². The van der Waals surface area contributed by atoms with E-state index in [2.05, 4.69) is 10.2 Å². The third-order valence-electron chi connectivity index (χ3n) is 1.23. The van der Waals surface area contributed by atoms with Crippen LogP contribution in [0.2, 0.25) is 0 Å². The molecule has 0 fully saturated rings. The van der Waals surface area contributed by atoms with E-state index in [1.807, 2.05) is 10.8 Å². The Kier molecular flexibility index (Phi) is 0.790. The highest BCUT2D eigenvalue weighted by Gasteiger charge is 1.99. The molecule has 0 aromatic carbocycles. The Morgan fingerprint density at radius 3 is 3.22 bits per heavy atom. The zero-order valence-electron chi connectivity index (χ0n) is 4.59. The van der Waals surface area contributed by atoms with Crippen molar-refractivity contribution in [3.05, 3.63) is 10.8 Å². The number of nitrogens with one attached hydrogen (secondary N) is 1. The summed E-state index contributed by atoms with van der Waals surface area (Å²) in [7, 11) is 0. The van der Waals surface area contributed by atoms with Crippen molar-refractivity contribution < 1.29 is 0 Å². The minimum Gasteiger partial charge on any atom is -0.382 e. The minimum absolute atomic E-state index is 0.589. The zero-order valence-corrected chi connectivity index (χ0v) is 5.40. The maximum Gasteiger partial charge on any atom is 0.153 e. The molecule has 3 N–H and O–H groups in total. The van der Waals surface area contributed by atoms with Gasteiger partial charge in [-0.2, -0.15) is 5.10 Å².